The van der Waals surface area contributed by atoms with Crippen molar-refractivity contribution in [3.05, 3.63) is 24.3 Å². The van der Waals surface area contributed by atoms with E-state index in [2.05, 4.69) is 17.0 Å². The summed E-state index contributed by atoms with van der Waals surface area (Å²) in [5, 5.41) is 9.11. The molecule has 0 aromatic heterocycles. The maximum Gasteiger partial charge on any atom is 0.120 e. The minimum atomic E-state index is 0.362. The molecule has 0 spiro atoms. The molecule has 16 heavy (non-hydrogen) atoms. The molecule has 2 fully saturated rings. The van der Waals surface area contributed by atoms with Crippen molar-refractivity contribution in [2.45, 2.75) is 0 Å². The Morgan fingerprint density at radius 3 is 2.75 bits per heavy atom. The van der Waals surface area contributed by atoms with Gasteiger partial charge in [0.25, 0.3) is 0 Å². The Bertz CT molecular complexity index is 381. The van der Waals surface area contributed by atoms with E-state index < -0.39 is 0 Å². The molecular weight excluding hydrogens is 202 g/mol. The van der Waals surface area contributed by atoms with E-state index >= 15 is 0 Å². The van der Waals surface area contributed by atoms with Gasteiger partial charge in [0.2, 0.25) is 0 Å². The van der Waals surface area contributed by atoms with Gasteiger partial charge in [0.1, 0.15) is 5.75 Å². The molecule has 1 heterocycles. The first-order valence-electron chi connectivity index (χ1n) is 5.83. The van der Waals surface area contributed by atoms with Gasteiger partial charge in [0.15, 0.2) is 0 Å². The van der Waals surface area contributed by atoms with Crippen LogP contribution in [0, 0.1) is 17.8 Å². The zero-order valence-corrected chi connectivity index (χ0v) is 9.47. The Labute approximate surface area is 95.6 Å². The lowest BCUT2D eigenvalue weighted by Crippen LogP contribution is -2.24. The molecule has 0 radical (unpaired) electrons. The van der Waals surface area contributed by atoms with Crippen LogP contribution in [-0.4, -0.2) is 31.9 Å². The van der Waals surface area contributed by atoms with E-state index in [0.29, 0.717) is 12.5 Å². The third-order valence-corrected chi connectivity index (χ3v) is 4.00. The van der Waals surface area contributed by atoms with Gasteiger partial charge in [-0.3, -0.25) is 0 Å². The number of aliphatic hydroxyl groups is 1. The number of aliphatic hydroxyl groups excluding tert-OH is 1. The molecule has 3 nitrogen and oxygen atoms in total. The lowest BCUT2D eigenvalue weighted by Gasteiger charge is -2.22. The second-order valence-electron chi connectivity index (χ2n) is 4.78. The van der Waals surface area contributed by atoms with E-state index in [0.717, 1.165) is 30.7 Å². The first-order valence-corrected chi connectivity index (χ1v) is 5.83. The van der Waals surface area contributed by atoms with E-state index in [4.69, 9.17) is 9.84 Å². The van der Waals surface area contributed by atoms with Crippen LogP contribution in [-0.2, 0) is 0 Å². The van der Waals surface area contributed by atoms with Crippen molar-refractivity contribution in [1.29, 1.82) is 0 Å². The van der Waals surface area contributed by atoms with Gasteiger partial charge in [-0.1, -0.05) is 6.07 Å². The van der Waals surface area contributed by atoms with E-state index in [-0.39, 0.29) is 0 Å². The summed E-state index contributed by atoms with van der Waals surface area (Å²) in [6, 6.07) is 8.21. The molecule has 3 rings (SSSR count). The molecule has 2 unspecified atom stereocenters. The summed E-state index contributed by atoms with van der Waals surface area (Å²) in [5.41, 5.74) is 1.24. The predicted octanol–water partition coefficient (Wildman–Crippen LogP) is 1.37. The maximum atomic E-state index is 9.11. The van der Waals surface area contributed by atoms with Crippen LogP contribution in [0.4, 0.5) is 5.69 Å². The van der Waals surface area contributed by atoms with Gasteiger partial charge >= 0.3 is 0 Å². The smallest absolute Gasteiger partial charge is 0.120 e. The van der Waals surface area contributed by atoms with E-state index in [1.54, 1.807) is 7.11 Å². The van der Waals surface area contributed by atoms with Crippen molar-refractivity contribution in [3.8, 4) is 5.75 Å². The van der Waals surface area contributed by atoms with Crippen molar-refractivity contribution in [3.63, 3.8) is 0 Å². The molecule has 1 saturated heterocycles. The summed E-state index contributed by atoms with van der Waals surface area (Å²) < 4.78 is 5.23. The molecule has 1 saturated carbocycles. The van der Waals surface area contributed by atoms with Crippen molar-refractivity contribution >= 4 is 5.69 Å². The summed E-state index contributed by atoms with van der Waals surface area (Å²) in [7, 11) is 1.70. The van der Waals surface area contributed by atoms with E-state index in [1.165, 1.54) is 5.69 Å². The van der Waals surface area contributed by atoms with Crippen molar-refractivity contribution in [1.82, 2.24) is 0 Å². The predicted molar refractivity (Wildman–Crippen MR) is 62.8 cm³/mol. The first-order chi connectivity index (χ1) is 7.83. The summed E-state index contributed by atoms with van der Waals surface area (Å²) >= 11 is 0. The van der Waals surface area contributed by atoms with Crippen LogP contribution in [0.1, 0.15) is 0 Å². The van der Waals surface area contributed by atoms with Crippen LogP contribution in [0.3, 0.4) is 0 Å². The molecule has 0 amide bonds. The number of rotatable bonds is 3. The summed E-state index contributed by atoms with van der Waals surface area (Å²) in [6.07, 6.45) is 0. The van der Waals surface area contributed by atoms with Gasteiger partial charge in [0, 0.05) is 31.5 Å². The van der Waals surface area contributed by atoms with Crippen molar-refractivity contribution in [2.24, 2.45) is 17.8 Å². The second-order valence-corrected chi connectivity index (χ2v) is 4.78. The SMILES string of the molecule is COc1cccc(N2CC3C(CO)C3C2)c1. The number of nitrogens with zero attached hydrogens (tertiary/aromatic N) is 1. The van der Waals surface area contributed by atoms with Crippen LogP contribution in [0.2, 0.25) is 0 Å². The monoisotopic (exact) mass is 219 g/mol. The summed E-state index contributed by atoms with van der Waals surface area (Å²) in [5.74, 6) is 2.92. The maximum absolute atomic E-state index is 9.11. The summed E-state index contributed by atoms with van der Waals surface area (Å²) in [4.78, 5) is 2.39. The van der Waals surface area contributed by atoms with Gasteiger partial charge in [-0.05, 0) is 29.9 Å². The molecule has 1 aromatic rings. The highest BCUT2D eigenvalue weighted by Gasteiger charge is 2.55. The Morgan fingerprint density at radius 1 is 1.38 bits per heavy atom. The molecule has 1 aromatic carbocycles. The van der Waals surface area contributed by atoms with Crippen LogP contribution in [0.15, 0.2) is 24.3 Å². The highest BCUT2D eigenvalue weighted by atomic mass is 16.5. The highest BCUT2D eigenvalue weighted by molar-refractivity contribution is 5.52. The van der Waals surface area contributed by atoms with E-state index in [1.807, 2.05) is 12.1 Å². The van der Waals surface area contributed by atoms with E-state index in [9.17, 15) is 0 Å². The fourth-order valence-corrected chi connectivity index (χ4v) is 2.94. The molecular formula is C13H17NO2. The molecule has 1 aliphatic carbocycles. The number of fused-ring (bicyclic) bond motifs is 1. The number of ether oxygens (including phenoxy) is 1. The van der Waals surface area contributed by atoms with Gasteiger partial charge < -0.3 is 14.7 Å². The molecule has 3 heteroatoms. The largest absolute Gasteiger partial charge is 0.497 e. The normalized spacial score (nSPS) is 31.4. The van der Waals surface area contributed by atoms with Crippen molar-refractivity contribution in [2.75, 3.05) is 31.7 Å². The summed E-state index contributed by atoms with van der Waals surface area (Å²) in [6.45, 7) is 2.54. The van der Waals surface area contributed by atoms with Gasteiger partial charge in [0.05, 0.1) is 7.11 Å². The third kappa shape index (κ3) is 1.47. The molecule has 1 aliphatic heterocycles. The number of anilines is 1. The highest BCUT2D eigenvalue weighted by Crippen LogP contribution is 2.52. The van der Waals surface area contributed by atoms with Crippen LogP contribution >= 0.6 is 0 Å². The zero-order valence-electron chi connectivity index (χ0n) is 9.47. The molecule has 0 bridgehead atoms. The Balaban J connectivity index is 1.71. The standard InChI is InChI=1S/C13H17NO2/c1-16-10-4-2-3-9(5-10)14-6-11-12(7-14)13(11)8-15/h2-5,11-13,15H,6-8H2,1H3. The molecule has 2 atom stereocenters. The average Bonchev–Trinajstić information content (AvgIpc) is 2.81. The second kappa shape index (κ2) is 3.67. The topological polar surface area (TPSA) is 32.7 Å². The number of methoxy groups -OCH3 is 1. The number of hydrogen-bond donors (Lipinski definition) is 1. The Kier molecular flexibility index (Phi) is 2.28. The minimum Gasteiger partial charge on any atom is -0.497 e. The van der Waals surface area contributed by atoms with Gasteiger partial charge in [-0.15, -0.1) is 0 Å². The first kappa shape index (κ1) is 9.97. The quantitative estimate of drug-likeness (QED) is 0.833. The zero-order chi connectivity index (χ0) is 11.1. The van der Waals surface area contributed by atoms with Crippen LogP contribution in [0.5, 0.6) is 5.75 Å². The van der Waals surface area contributed by atoms with Gasteiger partial charge in [-0.2, -0.15) is 0 Å². The van der Waals surface area contributed by atoms with Gasteiger partial charge in [-0.25, -0.2) is 0 Å². The van der Waals surface area contributed by atoms with Crippen LogP contribution in [0.25, 0.3) is 0 Å². The molecule has 1 N–H and O–H groups in total. The lowest BCUT2D eigenvalue weighted by molar-refractivity contribution is 0.260. The number of hydrogen-bond acceptors (Lipinski definition) is 3. The Hall–Kier alpha value is -1.22. The molecule has 86 valence electrons. The lowest BCUT2D eigenvalue weighted by atomic mass is 10.2. The number of piperidine rings is 1. The molecule has 2 aliphatic rings. The minimum absolute atomic E-state index is 0.362. The fraction of sp³-hybridized carbons (Fsp3) is 0.538. The van der Waals surface area contributed by atoms with Crippen LogP contribution < -0.4 is 9.64 Å². The Morgan fingerprint density at radius 2 is 2.12 bits per heavy atom. The average molecular weight is 219 g/mol. The number of benzene rings is 1. The third-order valence-electron chi connectivity index (χ3n) is 4.00. The fourth-order valence-electron chi connectivity index (χ4n) is 2.94. The van der Waals surface area contributed by atoms with Crippen molar-refractivity contribution < 1.29 is 9.84 Å².